The zero-order chi connectivity index (χ0) is 14.5. The van der Waals surface area contributed by atoms with E-state index >= 15 is 0 Å². The van der Waals surface area contributed by atoms with E-state index in [1.54, 1.807) is 0 Å². The quantitative estimate of drug-likeness (QED) is 0.745. The standard InChI is InChI=1S/C13H15F3O3/c1-3-5-11(18-2)12(17)9-6-4-7-10(8-9)19-13(14,15)16/h4,6-8,11H,3,5H2,1-2H3. The second-order valence-electron chi connectivity index (χ2n) is 3.95. The van der Waals surface area contributed by atoms with Crippen molar-refractivity contribution in [2.75, 3.05) is 7.11 Å². The number of hydrogen-bond donors (Lipinski definition) is 0. The molecular formula is C13H15F3O3. The van der Waals surface area contributed by atoms with E-state index in [-0.39, 0.29) is 11.3 Å². The van der Waals surface area contributed by atoms with Gasteiger partial charge in [-0.05, 0) is 18.6 Å². The number of halogens is 3. The maximum atomic E-state index is 12.1. The molecule has 1 aromatic carbocycles. The largest absolute Gasteiger partial charge is 0.573 e. The molecule has 1 aromatic rings. The third-order valence-corrected chi connectivity index (χ3v) is 2.48. The lowest BCUT2D eigenvalue weighted by Crippen LogP contribution is -2.23. The first-order valence-electron chi connectivity index (χ1n) is 5.80. The van der Waals surface area contributed by atoms with Crippen molar-refractivity contribution in [1.82, 2.24) is 0 Å². The molecule has 0 amide bonds. The van der Waals surface area contributed by atoms with Gasteiger partial charge in [0.05, 0.1) is 0 Å². The highest BCUT2D eigenvalue weighted by Crippen LogP contribution is 2.24. The SMILES string of the molecule is CCCC(OC)C(=O)c1cccc(OC(F)(F)F)c1. The Labute approximate surface area is 109 Å². The van der Waals surface area contributed by atoms with Crippen LogP contribution in [-0.4, -0.2) is 25.4 Å². The Morgan fingerprint density at radius 2 is 2.05 bits per heavy atom. The summed E-state index contributed by atoms with van der Waals surface area (Å²) in [4.78, 5) is 12.0. The highest BCUT2D eigenvalue weighted by molar-refractivity contribution is 5.99. The summed E-state index contributed by atoms with van der Waals surface area (Å²) in [5.41, 5.74) is 0.141. The summed E-state index contributed by atoms with van der Waals surface area (Å²) < 4.78 is 45.1. The zero-order valence-corrected chi connectivity index (χ0v) is 10.7. The van der Waals surface area contributed by atoms with Gasteiger partial charge in [0.25, 0.3) is 0 Å². The van der Waals surface area contributed by atoms with Crippen molar-refractivity contribution in [3.8, 4) is 5.75 Å². The lowest BCUT2D eigenvalue weighted by atomic mass is 10.0. The van der Waals surface area contributed by atoms with E-state index in [0.29, 0.717) is 6.42 Å². The van der Waals surface area contributed by atoms with Crippen molar-refractivity contribution in [1.29, 1.82) is 0 Å². The molecule has 0 aliphatic carbocycles. The predicted octanol–water partition coefficient (Wildman–Crippen LogP) is 3.58. The third-order valence-electron chi connectivity index (χ3n) is 2.48. The molecule has 19 heavy (non-hydrogen) atoms. The molecule has 0 fully saturated rings. The van der Waals surface area contributed by atoms with E-state index in [9.17, 15) is 18.0 Å². The van der Waals surface area contributed by atoms with Crippen LogP contribution in [0.15, 0.2) is 24.3 Å². The second kappa shape index (κ2) is 6.56. The molecule has 0 aliphatic rings. The van der Waals surface area contributed by atoms with E-state index in [4.69, 9.17) is 4.74 Å². The monoisotopic (exact) mass is 276 g/mol. The molecule has 1 atom stereocenters. The maximum absolute atomic E-state index is 12.1. The van der Waals surface area contributed by atoms with Crippen molar-refractivity contribution in [3.05, 3.63) is 29.8 Å². The molecule has 1 unspecified atom stereocenters. The van der Waals surface area contributed by atoms with E-state index in [2.05, 4.69) is 4.74 Å². The minimum absolute atomic E-state index is 0.141. The smallest absolute Gasteiger partial charge is 0.406 e. The number of methoxy groups -OCH3 is 1. The van der Waals surface area contributed by atoms with Gasteiger partial charge >= 0.3 is 6.36 Å². The first kappa shape index (κ1) is 15.5. The molecule has 0 radical (unpaired) electrons. The van der Waals surface area contributed by atoms with Crippen molar-refractivity contribution in [3.63, 3.8) is 0 Å². The van der Waals surface area contributed by atoms with Crippen LogP contribution in [0.3, 0.4) is 0 Å². The lowest BCUT2D eigenvalue weighted by Gasteiger charge is -2.14. The van der Waals surface area contributed by atoms with Gasteiger partial charge in [-0.1, -0.05) is 25.5 Å². The molecule has 0 bridgehead atoms. The van der Waals surface area contributed by atoms with Crippen LogP contribution in [0.1, 0.15) is 30.1 Å². The van der Waals surface area contributed by atoms with Gasteiger partial charge in [-0.15, -0.1) is 13.2 Å². The predicted molar refractivity (Wildman–Crippen MR) is 63.2 cm³/mol. The number of rotatable bonds is 6. The van der Waals surface area contributed by atoms with Gasteiger partial charge in [-0.25, -0.2) is 0 Å². The molecule has 3 nitrogen and oxygen atoms in total. The minimum atomic E-state index is -4.77. The zero-order valence-electron chi connectivity index (χ0n) is 10.7. The summed E-state index contributed by atoms with van der Waals surface area (Å²) >= 11 is 0. The van der Waals surface area contributed by atoms with Gasteiger partial charge < -0.3 is 9.47 Å². The van der Waals surface area contributed by atoms with Crippen LogP contribution in [0.2, 0.25) is 0 Å². The van der Waals surface area contributed by atoms with Gasteiger partial charge in [0.1, 0.15) is 11.9 Å². The number of ether oxygens (including phenoxy) is 2. The van der Waals surface area contributed by atoms with Crippen LogP contribution in [-0.2, 0) is 4.74 Å². The molecule has 0 N–H and O–H groups in total. The van der Waals surface area contributed by atoms with E-state index < -0.39 is 18.2 Å². The fourth-order valence-corrected chi connectivity index (χ4v) is 1.65. The molecule has 1 rings (SSSR count). The van der Waals surface area contributed by atoms with Crippen LogP contribution in [0.5, 0.6) is 5.75 Å². The van der Waals surface area contributed by atoms with E-state index in [1.807, 2.05) is 6.92 Å². The number of carbonyl (C=O) groups excluding carboxylic acids is 1. The Bertz CT molecular complexity index is 429. The highest BCUT2D eigenvalue weighted by atomic mass is 19.4. The molecular weight excluding hydrogens is 261 g/mol. The Morgan fingerprint density at radius 1 is 1.37 bits per heavy atom. The first-order valence-corrected chi connectivity index (χ1v) is 5.80. The molecule has 0 spiro atoms. The van der Waals surface area contributed by atoms with Crippen molar-refractivity contribution >= 4 is 5.78 Å². The minimum Gasteiger partial charge on any atom is -0.406 e. The second-order valence-corrected chi connectivity index (χ2v) is 3.95. The fourth-order valence-electron chi connectivity index (χ4n) is 1.65. The summed E-state index contributed by atoms with van der Waals surface area (Å²) in [7, 11) is 1.40. The van der Waals surface area contributed by atoms with Gasteiger partial charge in [-0.2, -0.15) is 0 Å². The van der Waals surface area contributed by atoms with Gasteiger partial charge in [0, 0.05) is 12.7 Å². The van der Waals surface area contributed by atoms with Crippen LogP contribution >= 0.6 is 0 Å². The summed E-state index contributed by atoms with van der Waals surface area (Å²) in [5, 5.41) is 0. The first-order chi connectivity index (χ1) is 8.87. The average Bonchev–Trinajstić information content (AvgIpc) is 2.33. The molecule has 0 saturated carbocycles. The summed E-state index contributed by atoms with van der Waals surface area (Å²) in [6.45, 7) is 1.89. The van der Waals surface area contributed by atoms with Crippen LogP contribution in [0, 0.1) is 0 Å². The number of hydrogen-bond acceptors (Lipinski definition) is 3. The Kier molecular flexibility index (Phi) is 5.35. The van der Waals surface area contributed by atoms with Crippen molar-refractivity contribution < 1.29 is 27.4 Å². The Hall–Kier alpha value is -1.56. The molecule has 0 aromatic heterocycles. The van der Waals surface area contributed by atoms with Gasteiger partial charge in [0.2, 0.25) is 0 Å². The van der Waals surface area contributed by atoms with Crippen LogP contribution in [0.4, 0.5) is 13.2 Å². The number of benzene rings is 1. The lowest BCUT2D eigenvalue weighted by molar-refractivity contribution is -0.274. The number of ketones is 1. The molecule has 6 heteroatoms. The summed E-state index contributed by atoms with van der Waals surface area (Å²) in [5.74, 6) is -0.762. The van der Waals surface area contributed by atoms with Gasteiger partial charge in [0.15, 0.2) is 5.78 Å². The topological polar surface area (TPSA) is 35.5 Å². The molecule has 0 heterocycles. The fraction of sp³-hybridized carbons (Fsp3) is 0.462. The van der Waals surface area contributed by atoms with Crippen LogP contribution < -0.4 is 4.74 Å². The number of carbonyl (C=O) groups is 1. The van der Waals surface area contributed by atoms with Gasteiger partial charge in [-0.3, -0.25) is 4.79 Å². The molecule has 106 valence electrons. The normalized spacial score (nSPS) is 13.1. The van der Waals surface area contributed by atoms with Crippen molar-refractivity contribution in [2.45, 2.75) is 32.2 Å². The number of alkyl halides is 3. The maximum Gasteiger partial charge on any atom is 0.573 e. The Morgan fingerprint density at radius 3 is 2.58 bits per heavy atom. The highest BCUT2D eigenvalue weighted by Gasteiger charge is 2.31. The van der Waals surface area contributed by atoms with E-state index in [1.165, 1.54) is 19.2 Å². The average molecular weight is 276 g/mol. The van der Waals surface area contributed by atoms with Crippen LogP contribution in [0.25, 0.3) is 0 Å². The molecule has 0 aliphatic heterocycles. The number of Topliss-reactive ketones (excluding diaryl/α,β-unsaturated/α-hetero) is 1. The summed E-state index contributed by atoms with van der Waals surface area (Å²) in [6.07, 6.45) is -4.17. The van der Waals surface area contributed by atoms with Crippen molar-refractivity contribution in [2.24, 2.45) is 0 Å². The Balaban J connectivity index is 2.89. The third kappa shape index (κ3) is 4.90. The molecule has 0 saturated heterocycles. The summed E-state index contributed by atoms with van der Waals surface area (Å²) in [6, 6.07) is 4.99. The van der Waals surface area contributed by atoms with E-state index in [0.717, 1.165) is 18.6 Å².